The molecule has 0 spiro atoms. The van der Waals surface area contributed by atoms with E-state index in [1.54, 1.807) is 12.3 Å². The van der Waals surface area contributed by atoms with Gasteiger partial charge in [0.2, 0.25) is 5.95 Å². The number of benzene rings is 2. The van der Waals surface area contributed by atoms with Crippen LogP contribution >= 0.6 is 11.6 Å². The quantitative estimate of drug-likeness (QED) is 0.777. The van der Waals surface area contributed by atoms with Crippen molar-refractivity contribution in [3.63, 3.8) is 0 Å². The van der Waals surface area contributed by atoms with E-state index in [0.29, 0.717) is 17.5 Å². The summed E-state index contributed by atoms with van der Waals surface area (Å²) in [6, 6.07) is 12.6. The van der Waals surface area contributed by atoms with E-state index in [9.17, 15) is 4.39 Å². The number of fused-ring (bicyclic) bond motifs is 1. The van der Waals surface area contributed by atoms with Crippen molar-refractivity contribution in [3.05, 3.63) is 65.1 Å². The molecule has 2 aromatic carbocycles. The van der Waals surface area contributed by atoms with Gasteiger partial charge in [0.05, 0.1) is 11.2 Å². The molecule has 0 unspecified atom stereocenters. The summed E-state index contributed by atoms with van der Waals surface area (Å²) in [4.78, 5) is 6.61. The number of rotatable bonds is 3. The zero-order chi connectivity index (χ0) is 16.5. The zero-order valence-corrected chi connectivity index (χ0v) is 13.3. The van der Waals surface area contributed by atoms with Gasteiger partial charge in [-0.25, -0.2) is 4.39 Å². The Morgan fingerprint density at radius 3 is 2.92 bits per heavy atom. The van der Waals surface area contributed by atoms with Gasteiger partial charge in [0.25, 0.3) is 0 Å². The SMILES string of the molecule is Fc1ccc(Nc2nncc(N3CCc4ccccc43)n2)cc1Cl. The van der Waals surface area contributed by atoms with E-state index in [1.807, 2.05) is 12.1 Å². The Bertz CT molecular complexity index is 902. The molecule has 24 heavy (non-hydrogen) atoms. The first-order valence-corrected chi connectivity index (χ1v) is 7.86. The Balaban J connectivity index is 1.61. The fourth-order valence-corrected chi connectivity index (χ4v) is 2.94. The maximum absolute atomic E-state index is 13.2. The molecule has 0 saturated carbocycles. The summed E-state index contributed by atoms with van der Waals surface area (Å²) in [5.74, 6) is 0.578. The van der Waals surface area contributed by atoms with E-state index >= 15 is 0 Å². The van der Waals surface area contributed by atoms with Gasteiger partial charge in [-0.2, -0.15) is 10.1 Å². The number of nitrogens with one attached hydrogen (secondary N) is 1. The highest BCUT2D eigenvalue weighted by Gasteiger charge is 2.21. The third-order valence-corrected chi connectivity index (χ3v) is 4.18. The minimum atomic E-state index is -0.469. The monoisotopic (exact) mass is 341 g/mol. The van der Waals surface area contributed by atoms with E-state index in [1.165, 1.54) is 17.7 Å². The van der Waals surface area contributed by atoms with Crippen LogP contribution in [0.25, 0.3) is 0 Å². The number of para-hydroxylation sites is 1. The Labute approximate surface area is 143 Å². The van der Waals surface area contributed by atoms with Crippen molar-refractivity contribution in [2.24, 2.45) is 0 Å². The molecule has 0 bridgehead atoms. The number of halogens is 2. The highest BCUT2D eigenvalue weighted by atomic mass is 35.5. The van der Waals surface area contributed by atoms with Crippen LogP contribution in [0.1, 0.15) is 5.56 Å². The second-order valence-corrected chi connectivity index (χ2v) is 5.83. The molecule has 1 aliphatic heterocycles. The van der Waals surface area contributed by atoms with E-state index in [0.717, 1.165) is 18.7 Å². The van der Waals surface area contributed by atoms with Gasteiger partial charge in [-0.05, 0) is 36.2 Å². The van der Waals surface area contributed by atoms with Gasteiger partial charge < -0.3 is 10.2 Å². The van der Waals surface area contributed by atoms with Crippen LogP contribution in [0.2, 0.25) is 5.02 Å². The van der Waals surface area contributed by atoms with Gasteiger partial charge in [-0.15, -0.1) is 5.10 Å². The number of hydrogen-bond acceptors (Lipinski definition) is 5. The molecule has 5 nitrogen and oxygen atoms in total. The predicted octanol–water partition coefficient (Wildman–Crippen LogP) is 4.10. The van der Waals surface area contributed by atoms with Crippen LogP contribution in [-0.2, 0) is 6.42 Å². The molecule has 2 heterocycles. The molecule has 0 radical (unpaired) electrons. The van der Waals surface area contributed by atoms with Crippen LogP contribution in [-0.4, -0.2) is 21.7 Å². The molecule has 1 N–H and O–H groups in total. The maximum atomic E-state index is 13.2. The highest BCUT2D eigenvalue weighted by molar-refractivity contribution is 6.31. The fourth-order valence-electron chi connectivity index (χ4n) is 2.76. The van der Waals surface area contributed by atoms with Gasteiger partial charge in [0.1, 0.15) is 5.82 Å². The molecule has 7 heteroatoms. The summed E-state index contributed by atoms with van der Waals surface area (Å²) >= 11 is 5.79. The number of nitrogens with zero attached hydrogens (tertiary/aromatic N) is 4. The normalized spacial score (nSPS) is 13.0. The molecule has 0 fully saturated rings. The molecule has 0 aliphatic carbocycles. The van der Waals surface area contributed by atoms with Crippen LogP contribution in [0.5, 0.6) is 0 Å². The number of hydrogen-bond donors (Lipinski definition) is 1. The number of aromatic nitrogens is 3. The lowest BCUT2D eigenvalue weighted by atomic mass is 10.2. The number of anilines is 4. The van der Waals surface area contributed by atoms with Crippen LogP contribution in [0.3, 0.4) is 0 Å². The standard InChI is InChI=1S/C17H13ClFN5/c18-13-9-12(5-6-14(13)19)21-17-22-16(10-20-23-17)24-8-7-11-3-1-2-4-15(11)24/h1-6,9-10H,7-8H2,(H,21,22,23). The molecule has 0 atom stereocenters. The van der Waals surface area contributed by atoms with E-state index < -0.39 is 5.82 Å². The topological polar surface area (TPSA) is 53.9 Å². The van der Waals surface area contributed by atoms with Gasteiger partial charge in [0, 0.05) is 17.9 Å². The average molecular weight is 342 g/mol. The smallest absolute Gasteiger partial charge is 0.249 e. The molecule has 120 valence electrons. The lowest BCUT2D eigenvalue weighted by Crippen LogP contribution is -2.16. The minimum absolute atomic E-state index is 0.0394. The Kier molecular flexibility index (Phi) is 3.74. The predicted molar refractivity (Wildman–Crippen MR) is 91.7 cm³/mol. The van der Waals surface area contributed by atoms with Gasteiger partial charge in [0.15, 0.2) is 5.82 Å². The van der Waals surface area contributed by atoms with Crippen molar-refractivity contribution in [1.82, 2.24) is 15.2 Å². The van der Waals surface area contributed by atoms with Crippen molar-refractivity contribution >= 4 is 34.7 Å². The van der Waals surface area contributed by atoms with Crippen LogP contribution < -0.4 is 10.2 Å². The molecule has 0 amide bonds. The average Bonchev–Trinajstić information content (AvgIpc) is 3.03. The van der Waals surface area contributed by atoms with E-state index in [2.05, 4.69) is 37.5 Å². The van der Waals surface area contributed by atoms with E-state index in [4.69, 9.17) is 11.6 Å². The highest BCUT2D eigenvalue weighted by Crippen LogP contribution is 2.33. The molecular weight excluding hydrogens is 329 g/mol. The first-order valence-electron chi connectivity index (χ1n) is 7.48. The largest absolute Gasteiger partial charge is 0.324 e. The molecule has 1 aliphatic rings. The van der Waals surface area contributed by atoms with Crippen molar-refractivity contribution in [2.45, 2.75) is 6.42 Å². The second kappa shape index (κ2) is 6.05. The third kappa shape index (κ3) is 2.76. The molecular formula is C17H13ClFN5. The molecule has 3 aromatic rings. The van der Waals surface area contributed by atoms with Crippen molar-refractivity contribution in [3.8, 4) is 0 Å². The Morgan fingerprint density at radius 2 is 2.04 bits per heavy atom. The Hall–Kier alpha value is -2.73. The summed E-state index contributed by atoms with van der Waals surface area (Å²) < 4.78 is 13.2. The minimum Gasteiger partial charge on any atom is -0.324 e. The van der Waals surface area contributed by atoms with Crippen LogP contribution in [0.15, 0.2) is 48.7 Å². The maximum Gasteiger partial charge on any atom is 0.249 e. The third-order valence-electron chi connectivity index (χ3n) is 3.89. The van der Waals surface area contributed by atoms with E-state index in [-0.39, 0.29) is 5.02 Å². The fraction of sp³-hybridized carbons (Fsp3) is 0.118. The van der Waals surface area contributed by atoms with Crippen molar-refractivity contribution in [1.29, 1.82) is 0 Å². The zero-order valence-electron chi connectivity index (χ0n) is 12.6. The van der Waals surface area contributed by atoms with Gasteiger partial charge >= 0.3 is 0 Å². The summed E-state index contributed by atoms with van der Waals surface area (Å²) in [5.41, 5.74) is 3.02. The molecule has 0 saturated heterocycles. The summed E-state index contributed by atoms with van der Waals surface area (Å²) in [6.45, 7) is 0.847. The Morgan fingerprint density at radius 1 is 1.17 bits per heavy atom. The van der Waals surface area contributed by atoms with Crippen LogP contribution in [0, 0.1) is 5.82 Å². The lowest BCUT2D eigenvalue weighted by molar-refractivity contribution is 0.628. The van der Waals surface area contributed by atoms with Gasteiger partial charge in [-0.1, -0.05) is 29.8 Å². The van der Waals surface area contributed by atoms with Crippen molar-refractivity contribution in [2.75, 3.05) is 16.8 Å². The van der Waals surface area contributed by atoms with Gasteiger partial charge in [-0.3, -0.25) is 0 Å². The lowest BCUT2D eigenvalue weighted by Gasteiger charge is -2.18. The molecule has 4 rings (SSSR count). The van der Waals surface area contributed by atoms with Crippen LogP contribution in [0.4, 0.5) is 27.5 Å². The summed E-state index contributed by atoms with van der Waals surface area (Å²) in [5, 5.41) is 11.0. The summed E-state index contributed by atoms with van der Waals surface area (Å²) in [7, 11) is 0. The first-order chi connectivity index (χ1) is 11.7. The summed E-state index contributed by atoms with van der Waals surface area (Å²) in [6.07, 6.45) is 2.60. The molecule has 1 aromatic heterocycles. The first kappa shape index (κ1) is 14.8. The van der Waals surface area contributed by atoms with Crippen molar-refractivity contribution < 1.29 is 4.39 Å². The second-order valence-electron chi connectivity index (χ2n) is 5.42.